The van der Waals surface area contributed by atoms with Crippen LogP contribution in [0.15, 0.2) is 67.4 Å². The Balaban J connectivity index is 1.30. The molecule has 6 bridgehead atoms. The Bertz CT molecular complexity index is 2540. The number of likely N-dealkylation sites (N-methyl/N-ethyl adjacent to an activating group) is 1. The van der Waals surface area contributed by atoms with Crippen LogP contribution in [0.5, 0.6) is 0 Å². The molecule has 6 heterocycles. The van der Waals surface area contributed by atoms with Gasteiger partial charge in [0.25, 0.3) is 5.91 Å². The minimum Gasteiger partial charge on any atom is -0.464 e. The van der Waals surface area contributed by atoms with Crippen LogP contribution in [0.25, 0.3) is 33.4 Å². The molecule has 0 saturated carbocycles. The fourth-order valence-corrected chi connectivity index (χ4v) is 9.44. The number of nitrogens with zero attached hydrogens (tertiary/aromatic N) is 6. The number of esters is 1. The van der Waals surface area contributed by atoms with Crippen LogP contribution in [-0.4, -0.2) is 124 Å². The first-order valence-electron chi connectivity index (χ1n) is 22.7. The number of methoxy groups -OCH3 is 1. The number of benzene rings is 1. The van der Waals surface area contributed by atoms with E-state index < -0.39 is 71.7 Å². The Labute approximate surface area is 388 Å². The molecule has 358 valence electrons. The lowest BCUT2D eigenvalue weighted by Gasteiger charge is -2.36. The van der Waals surface area contributed by atoms with Crippen LogP contribution in [0.2, 0.25) is 0 Å². The summed E-state index contributed by atoms with van der Waals surface area (Å²) in [5.74, 6) is -4.53. The molecule has 3 aromatic heterocycles. The topological polar surface area (TPSA) is 168 Å². The number of cyclic esters (lactones) is 1. The zero-order valence-corrected chi connectivity index (χ0v) is 38.8. The molecule has 7 rings (SSSR count). The molecule has 5 atom stereocenters. The zero-order valence-electron chi connectivity index (χ0n) is 38.8. The van der Waals surface area contributed by atoms with E-state index in [0.29, 0.717) is 37.2 Å². The average Bonchev–Trinajstić information content (AvgIpc) is 3.93. The first-order valence-corrected chi connectivity index (χ1v) is 22.7. The number of alkyl halides is 3. The van der Waals surface area contributed by atoms with Crippen molar-refractivity contribution in [3.8, 4) is 22.5 Å². The molecule has 2 saturated heterocycles. The maximum atomic E-state index is 14.6. The van der Waals surface area contributed by atoms with Crippen LogP contribution in [-0.2, 0) is 52.8 Å². The zero-order chi connectivity index (χ0) is 48.4. The minimum atomic E-state index is -4.88. The maximum absolute atomic E-state index is 14.6. The molecule has 0 unspecified atom stereocenters. The number of hydrogen-bond donors (Lipinski definition) is 2. The number of aryl methyl sites for hydroxylation is 1. The number of carbonyl (C=O) groups is 5. The van der Waals surface area contributed by atoms with Crippen LogP contribution in [0, 0.1) is 11.3 Å². The van der Waals surface area contributed by atoms with E-state index >= 15 is 0 Å². The van der Waals surface area contributed by atoms with Crippen molar-refractivity contribution in [3.05, 3.63) is 84.3 Å². The SMILES string of the molecule is C=CC(=O)N1CC[C@H](C(=O)N(C)[C@@H](CC(F)(F)F)C(=O)N[C@H]2Cc3cccc(n3)-c3ccc4c(c3)c(c(-c3cccnc3[C@H](C)OC)n4CC)CC(C)(C)COC(=O)[C@@H]3CCCN(N3)C2=O)C1. The van der Waals surface area contributed by atoms with E-state index in [1.165, 1.54) is 9.91 Å². The summed E-state index contributed by atoms with van der Waals surface area (Å²) >= 11 is 0. The second-order valence-electron chi connectivity index (χ2n) is 18.4. The van der Waals surface area contributed by atoms with Crippen LogP contribution in [0.3, 0.4) is 0 Å². The molecular weight excluding hydrogens is 870 g/mol. The number of halogens is 3. The van der Waals surface area contributed by atoms with E-state index in [4.69, 9.17) is 19.4 Å². The fourth-order valence-electron chi connectivity index (χ4n) is 9.44. The molecule has 2 N–H and O–H groups in total. The van der Waals surface area contributed by atoms with E-state index in [1.807, 2.05) is 51.1 Å². The van der Waals surface area contributed by atoms with E-state index in [2.05, 4.69) is 34.9 Å². The van der Waals surface area contributed by atoms with Gasteiger partial charge in [0.15, 0.2) is 0 Å². The third-order valence-electron chi connectivity index (χ3n) is 13.0. The predicted octanol–water partition coefficient (Wildman–Crippen LogP) is 5.95. The first-order chi connectivity index (χ1) is 31.8. The van der Waals surface area contributed by atoms with Crippen LogP contribution >= 0.6 is 0 Å². The number of nitrogens with one attached hydrogen (secondary N) is 2. The summed E-state index contributed by atoms with van der Waals surface area (Å²) in [6, 6.07) is 10.7. The van der Waals surface area contributed by atoms with E-state index in [1.54, 1.807) is 25.4 Å². The largest absolute Gasteiger partial charge is 0.464 e. The molecule has 15 nitrogen and oxygen atoms in total. The van der Waals surface area contributed by atoms with Crippen molar-refractivity contribution >= 4 is 40.5 Å². The second-order valence-corrected chi connectivity index (χ2v) is 18.4. The highest BCUT2D eigenvalue weighted by molar-refractivity contribution is 5.96. The van der Waals surface area contributed by atoms with Gasteiger partial charge in [0.1, 0.15) is 18.1 Å². The number of hydrogen-bond acceptors (Lipinski definition) is 10. The number of carbonyl (C=O) groups excluding carboxylic acids is 5. The number of rotatable bonds is 10. The summed E-state index contributed by atoms with van der Waals surface area (Å²) in [4.78, 5) is 80.4. The highest BCUT2D eigenvalue weighted by atomic mass is 19.4. The lowest BCUT2D eigenvalue weighted by atomic mass is 9.84. The molecule has 0 aliphatic carbocycles. The summed E-state index contributed by atoms with van der Waals surface area (Å²) in [5, 5.41) is 4.70. The Kier molecular flexibility index (Phi) is 14.6. The van der Waals surface area contributed by atoms with Crippen molar-refractivity contribution in [1.29, 1.82) is 0 Å². The molecule has 18 heteroatoms. The number of pyridine rings is 2. The van der Waals surface area contributed by atoms with E-state index in [-0.39, 0.29) is 45.2 Å². The lowest BCUT2D eigenvalue weighted by Crippen LogP contribution is -2.62. The van der Waals surface area contributed by atoms with Gasteiger partial charge in [-0.25, -0.2) is 5.43 Å². The third-order valence-corrected chi connectivity index (χ3v) is 13.0. The van der Waals surface area contributed by atoms with Crippen molar-refractivity contribution in [2.75, 3.05) is 40.4 Å². The Morgan fingerprint density at radius 2 is 1.90 bits per heavy atom. The summed E-state index contributed by atoms with van der Waals surface area (Å²) in [5.41, 5.74) is 8.63. The normalized spacial score (nSPS) is 21.0. The Morgan fingerprint density at radius 3 is 2.61 bits per heavy atom. The molecule has 1 aromatic carbocycles. The molecule has 4 amide bonds. The summed E-state index contributed by atoms with van der Waals surface area (Å²) in [6.45, 7) is 12.5. The van der Waals surface area contributed by atoms with Gasteiger partial charge in [-0.15, -0.1) is 0 Å². The molecule has 2 fully saturated rings. The van der Waals surface area contributed by atoms with Crippen molar-refractivity contribution < 1.29 is 46.6 Å². The lowest BCUT2D eigenvalue weighted by molar-refractivity contribution is -0.163. The van der Waals surface area contributed by atoms with Crippen LogP contribution < -0.4 is 10.7 Å². The molecule has 0 spiro atoms. The molecule has 3 aliphatic rings. The Morgan fingerprint density at radius 1 is 1.12 bits per heavy atom. The van der Waals surface area contributed by atoms with Gasteiger partial charge in [0.05, 0.1) is 42.1 Å². The molecule has 67 heavy (non-hydrogen) atoms. The van der Waals surface area contributed by atoms with Crippen molar-refractivity contribution in [1.82, 2.24) is 40.1 Å². The van der Waals surface area contributed by atoms with Crippen molar-refractivity contribution in [2.45, 2.75) is 103 Å². The second kappa shape index (κ2) is 20.0. The molecule has 4 aromatic rings. The smallest absolute Gasteiger partial charge is 0.391 e. The number of likely N-dealkylation sites (tertiary alicyclic amines) is 1. The monoisotopic (exact) mass is 928 g/mol. The minimum absolute atomic E-state index is 0.0306. The Hall–Kier alpha value is -6.14. The van der Waals surface area contributed by atoms with Gasteiger partial charge < -0.3 is 29.2 Å². The van der Waals surface area contributed by atoms with Gasteiger partial charge in [-0.3, -0.25) is 38.9 Å². The van der Waals surface area contributed by atoms with Gasteiger partial charge >= 0.3 is 12.1 Å². The van der Waals surface area contributed by atoms with Crippen molar-refractivity contribution in [3.63, 3.8) is 0 Å². The number of aromatic nitrogens is 3. The van der Waals surface area contributed by atoms with Gasteiger partial charge in [0, 0.05) is 86.1 Å². The highest BCUT2D eigenvalue weighted by Crippen LogP contribution is 2.42. The quantitative estimate of drug-likeness (QED) is 0.143. The van der Waals surface area contributed by atoms with Gasteiger partial charge in [-0.05, 0) is 87.6 Å². The average molecular weight is 929 g/mol. The number of hydrazine groups is 1. The fraction of sp³-hybridized carbons (Fsp3) is 0.490. The standard InChI is InChI=1S/C49H59F3N8O7/c1-8-41(61)58-22-19-31(27-58)45(63)57(6)40(26-49(50,51)52)44(62)55-38-24-32-13-10-15-36(54-32)30-17-18-39-34(23-30)35(43(59(39)9-2)33-14-11-20-53-42(33)29(3)66-7)25-48(4,5)28-67-47(65)37-16-12-21-60(56-37)46(38)64/h8,10-11,13-15,17-18,20,23,29,31,37-38,40,56H,1,9,12,16,19,21-22,24-28H2,2-7H3,(H,55,62)/t29-,31-,37-,38-,40-/m0/s1. The predicted molar refractivity (Wildman–Crippen MR) is 244 cm³/mol. The molecular formula is C49H59F3N8O7. The van der Waals surface area contributed by atoms with Crippen molar-refractivity contribution in [2.24, 2.45) is 11.3 Å². The summed E-state index contributed by atoms with van der Waals surface area (Å²) in [7, 11) is 2.76. The number of amides is 4. The maximum Gasteiger partial charge on any atom is 0.391 e. The first kappa shape index (κ1) is 48.8. The van der Waals surface area contributed by atoms with E-state index in [0.717, 1.165) is 57.0 Å². The van der Waals surface area contributed by atoms with Crippen LogP contribution in [0.1, 0.15) is 76.4 Å². The molecule has 0 radical (unpaired) electrons. The van der Waals surface area contributed by atoms with Gasteiger partial charge in [0.2, 0.25) is 17.7 Å². The number of ether oxygens (including phenoxy) is 2. The summed E-state index contributed by atoms with van der Waals surface area (Å²) < 4.78 is 56.8. The third kappa shape index (κ3) is 10.7. The van der Waals surface area contributed by atoms with Gasteiger partial charge in [-0.2, -0.15) is 13.2 Å². The highest BCUT2D eigenvalue weighted by Gasteiger charge is 2.44. The van der Waals surface area contributed by atoms with Crippen LogP contribution in [0.4, 0.5) is 13.2 Å². The van der Waals surface area contributed by atoms with Gasteiger partial charge in [-0.1, -0.05) is 32.6 Å². The van der Waals surface area contributed by atoms with E-state index in [9.17, 15) is 37.1 Å². The summed E-state index contributed by atoms with van der Waals surface area (Å²) in [6.07, 6.45) is -2.90. The molecule has 3 aliphatic heterocycles. The number of fused-ring (bicyclic) bond motifs is 6.